The summed E-state index contributed by atoms with van der Waals surface area (Å²) in [5, 5.41) is 3.16. The van der Waals surface area contributed by atoms with Crippen molar-refractivity contribution in [3.8, 4) is 0 Å². The minimum atomic E-state index is -3.22. The molecule has 0 radical (unpaired) electrons. The Bertz CT molecular complexity index is 868. The number of ether oxygens (including phenoxy) is 1. The van der Waals surface area contributed by atoms with Crippen molar-refractivity contribution >= 4 is 16.0 Å². The first-order valence-electron chi connectivity index (χ1n) is 8.12. The maximum absolute atomic E-state index is 11.9. The molecule has 134 valence electrons. The molecule has 0 bridgehead atoms. The van der Waals surface area contributed by atoms with Crippen LogP contribution in [0.5, 0.6) is 0 Å². The summed E-state index contributed by atoms with van der Waals surface area (Å²) in [6, 6.07) is 3.71. The zero-order chi connectivity index (χ0) is 17.5. The van der Waals surface area contributed by atoms with E-state index in [2.05, 4.69) is 10.3 Å². The third kappa shape index (κ3) is 3.14. The molecule has 25 heavy (non-hydrogen) atoms. The number of furan rings is 1. The molecule has 2 aromatic heterocycles. The number of hydrogen-bond donors (Lipinski definition) is 1. The summed E-state index contributed by atoms with van der Waals surface area (Å²) in [6.07, 6.45) is 5.32. The molecule has 2 aliphatic heterocycles. The summed E-state index contributed by atoms with van der Waals surface area (Å²) < 4.78 is 36.3. The van der Waals surface area contributed by atoms with E-state index in [-0.39, 0.29) is 0 Å². The van der Waals surface area contributed by atoms with Gasteiger partial charge >= 0.3 is 0 Å². The fourth-order valence-electron chi connectivity index (χ4n) is 3.49. The van der Waals surface area contributed by atoms with Crippen LogP contribution in [0, 0.1) is 0 Å². The number of fused-ring (bicyclic) bond motifs is 2. The molecule has 0 aliphatic carbocycles. The Labute approximate surface area is 146 Å². The largest absolute Gasteiger partial charge is 0.467 e. The van der Waals surface area contributed by atoms with Gasteiger partial charge in [-0.25, -0.2) is 22.7 Å². The molecule has 1 fully saturated rings. The third-order valence-electron chi connectivity index (χ3n) is 4.79. The van der Waals surface area contributed by atoms with E-state index in [0.29, 0.717) is 45.2 Å². The topological polar surface area (TPSA) is 97.6 Å². The second-order valence-electron chi connectivity index (χ2n) is 6.62. The van der Waals surface area contributed by atoms with Crippen LogP contribution in [0.25, 0.3) is 0 Å². The van der Waals surface area contributed by atoms with Gasteiger partial charge in [0, 0.05) is 24.8 Å². The van der Waals surface area contributed by atoms with Crippen LogP contribution in [0.2, 0.25) is 0 Å². The molecule has 0 aromatic carbocycles. The van der Waals surface area contributed by atoms with Crippen LogP contribution in [-0.2, 0) is 33.3 Å². The van der Waals surface area contributed by atoms with E-state index in [1.54, 1.807) is 12.5 Å². The van der Waals surface area contributed by atoms with Crippen molar-refractivity contribution < 1.29 is 17.6 Å². The van der Waals surface area contributed by atoms with Gasteiger partial charge in [0.05, 0.1) is 43.4 Å². The highest BCUT2D eigenvalue weighted by molar-refractivity contribution is 7.88. The summed E-state index contributed by atoms with van der Waals surface area (Å²) >= 11 is 0. The van der Waals surface area contributed by atoms with Crippen LogP contribution in [0.4, 0.5) is 5.95 Å². The molecule has 0 amide bonds. The number of rotatable bonds is 4. The van der Waals surface area contributed by atoms with Gasteiger partial charge in [-0.3, -0.25) is 0 Å². The lowest BCUT2D eigenvalue weighted by molar-refractivity contribution is 0.0532. The Balaban J connectivity index is 1.61. The van der Waals surface area contributed by atoms with E-state index in [9.17, 15) is 8.42 Å². The summed E-state index contributed by atoms with van der Waals surface area (Å²) in [5.41, 5.74) is 1.41. The fourth-order valence-corrected chi connectivity index (χ4v) is 4.39. The van der Waals surface area contributed by atoms with E-state index in [1.165, 1.54) is 10.6 Å². The lowest BCUT2D eigenvalue weighted by Gasteiger charge is -2.34. The van der Waals surface area contributed by atoms with E-state index < -0.39 is 15.4 Å². The molecule has 1 spiro atoms. The highest BCUT2D eigenvalue weighted by Crippen LogP contribution is 2.39. The van der Waals surface area contributed by atoms with Gasteiger partial charge in [0.25, 0.3) is 0 Å². The first-order chi connectivity index (χ1) is 12.0. The summed E-state index contributed by atoms with van der Waals surface area (Å²) in [5.74, 6) is 1.30. The quantitative estimate of drug-likeness (QED) is 0.868. The predicted molar refractivity (Wildman–Crippen MR) is 90.4 cm³/mol. The molecule has 2 aliphatic rings. The van der Waals surface area contributed by atoms with Crippen molar-refractivity contribution in [2.45, 2.75) is 25.0 Å². The SMILES string of the molecule is CS(=O)(=O)N1CCC2(COCc3cnc(NCc4ccco4)nc32)C1. The monoisotopic (exact) mass is 364 g/mol. The van der Waals surface area contributed by atoms with Crippen LogP contribution in [0.3, 0.4) is 0 Å². The van der Waals surface area contributed by atoms with Gasteiger partial charge in [-0.15, -0.1) is 0 Å². The Morgan fingerprint density at radius 1 is 1.44 bits per heavy atom. The van der Waals surface area contributed by atoms with Crippen molar-refractivity contribution in [3.05, 3.63) is 41.6 Å². The van der Waals surface area contributed by atoms with E-state index in [0.717, 1.165) is 17.0 Å². The van der Waals surface area contributed by atoms with Crippen LogP contribution in [-0.4, -0.2) is 48.6 Å². The molecule has 0 saturated carbocycles. The van der Waals surface area contributed by atoms with Crippen LogP contribution in [0.15, 0.2) is 29.0 Å². The van der Waals surface area contributed by atoms with E-state index in [1.807, 2.05) is 12.1 Å². The van der Waals surface area contributed by atoms with Crippen LogP contribution >= 0.6 is 0 Å². The summed E-state index contributed by atoms with van der Waals surface area (Å²) in [6.45, 7) is 2.30. The maximum Gasteiger partial charge on any atom is 0.223 e. The van der Waals surface area contributed by atoms with Crippen molar-refractivity contribution in [2.75, 3.05) is 31.3 Å². The molecule has 1 N–H and O–H groups in total. The smallest absolute Gasteiger partial charge is 0.223 e. The Morgan fingerprint density at radius 2 is 2.32 bits per heavy atom. The average molecular weight is 364 g/mol. The predicted octanol–water partition coefficient (Wildman–Crippen LogP) is 1.11. The standard InChI is InChI=1S/C16H20N4O4S/c1-25(21,22)20-5-4-16(10-20)11-23-9-12-7-17-15(19-14(12)16)18-8-13-3-2-6-24-13/h2-3,6-7H,4-5,8-11H2,1H3,(H,17,18,19). The fraction of sp³-hybridized carbons (Fsp3) is 0.500. The van der Waals surface area contributed by atoms with Gasteiger partial charge in [0.1, 0.15) is 5.76 Å². The minimum absolute atomic E-state index is 0.396. The molecule has 2 aromatic rings. The molecule has 1 unspecified atom stereocenters. The first kappa shape index (κ1) is 16.5. The van der Waals surface area contributed by atoms with Gasteiger partial charge < -0.3 is 14.5 Å². The van der Waals surface area contributed by atoms with Gasteiger partial charge in [-0.2, -0.15) is 0 Å². The number of nitrogens with zero attached hydrogens (tertiary/aromatic N) is 3. The van der Waals surface area contributed by atoms with Crippen molar-refractivity contribution in [2.24, 2.45) is 0 Å². The lowest BCUT2D eigenvalue weighted by atomic mass is 9.81. The highest BCUT2D eigenvalue weighted by Gasteiger charge is 2.47. The third-order valence-corrected chi connectivity index (χ3v) is 6.04. The molecule has 4 heterocycles. The van der Waals surface area contributed by atoms with Crippen LogP contribution in [0.1, 0.15) is 23.4 Å². The van der Waals surface area contributed by atoms with E-state index in [4.69, 9.17) is 14.1 Å². The Kier molecular flexibility index (Phi) is 4.01. The molecular weight excluding hydrogens is 344 g/mol. The zero-order valence-corrected chi connectivity index (χ0v) is 14.8. The highest BCUT2D eigenvalue weighted by atomic mass is 32.2. The zero-order valence-electron chi connectivity index (χ0n) is 13.9. The van der Waals surface area contributed by atoms with Crippen molar-refractivity contribution in [3.63, 3.8) is 0 Å². The Hall–Kier alpha value is -1.97. The number of nitrogens with one attached hydrogen (secondary N) is 1. The lowest BCUT2D eigenvalue weighted by Crippen LogP contribution is -2.41. The number of sulfonamides is 1. The normalized spacial score (nSPS) is 23.7. The van der Waals surface area contributed by atoms with Gasteiger partial charge in [-0.05, 0) is 18.6 Å². The second-order valence-corrected chi connectivity index (χ2v) is 8.60. The molecule has 8 nitrogen and oxygen atoms in total. The van der Waals surface area contributed by atoms with Gasteiger partial charge in [0.15, 0.2) is 0 Å². The molecule has 9 heteroatoms. The molecular formula is C16H20N4O4S. The summed E-state index contributed by atoms with van der Waals surface area (Å²) in [4.78, 5) is 9.04. The first-order valence-corrected chi connectivity index (χ1v) is 9.97. The molecule has 1 saturated heterocycles. The van der Waals surface area contributed by atoms with E-state index >= 15 is 0 Å². The number of hydrogen-bond acceptors (Lipinski definition) is 7. The van der Waals surface area contributed by atoms with Crippen molar-refractivity contribution in [1.82, 2.24) is 14.3 Å². The number of aromatic nitrogens is 2. The maximum atomic E-state index is 11.9. The molecule has 1 atom stereocenters. The number of anilines is 1. The minimum Gasteiger partial charge on any atom is -0.467 e. The summed E-state index contributed by atoms with van der Waals surface area (Å²) in [7, 11) is -3.22. The molecule has 4 rings (SSSR count). The van der Waals surface area contributed by atoms with Crippen molar-refractivity contribution in [1.29, 1.82) is 0 Å². The van der Waals surface area contributed by atoms with Gasteiger partial charge in [0.2, 0.25) is 16.0 Å². The van der Waals surface area contributed by atoms with Gasteiger partial charge in [-0.1, -0.05) is 0 Å². The average Bonchev–Trinajstić information content (AvgIpc) is 3.23. The Morgan fingerprint density at radius 3 is 3.04 bits per heavy atom. The van der Waals surface area contributed by atoms with Crippen LogP contribution < -0.4 is 5.32 Å². The second kappa shape index (κ2) is 6.08.